The van der Waals surface area contributed by atoms with E-state index in [-0.39, 0.29) is 17.5 Å². The molecule has 134 valence electrons. The van der Waals surface area contributed by atoms with Crippen LogP contribution in [0.5, 0.6) is 5.75 Å². The Morgan fingerprint density at radius 1 is 1.25 bits per heavy atom. The summed E-state index contributed by atoms with van der Waals surface area (Å²) in [5.74, 6) is 0.0299. The quantitative estimate of drug-likeness (QED) is 0.707. The Bertz CT molecular complexity index is 534. The predicted molar refractivity (Wildman–Crippen MR) is 89.6 cm³/mol. The molecule has 2 rings (SSSR count). The fourth-order valence-electron chi connectivity index (χ4n) is 2.70. The number of amides is 1. The number of nitrogens with one attached hydrogen (secondary N) is 1. The summed E-state index contributed by atoms with van der Waals surface area (Å²) in [7, 11) is 3.09. The SMILES string of the molecule is COCCNCC(=O)N1CCN(Cc2ccc(OC)c(F)c2)CC1. The first-order valence-corrected chi connectivity index (χ1v) is 8.16. The lowest BCUT2D eigenvalue weighted by atomic mass is 10.2. The maximum atomic E-state index is 13.7. The van der Waals surface area contributed by atoms with Crippen LogP contribution in [0.4, 0.5) is 4.39 Å². The summed E-state index contributed by atoms with van der Waals surface area (Å²) in [5, 5.41) is 3.07. The van der Waals surface area contributed by atoms with E-state index < -0.39 is 0 Å². The lowest BCUT2D eigenvalue weighted by molar-refractivity contribution is -0.132. The van der Waals surface area contributed by atoms with Crippen LogP contribution in [0.3, 0.4) is 0 Å². The number of ether oxygens (including phenoxy) is 2. The van der Waals surface area contributed by atoms with Gasteiger partial charge in [0.25, 0.3) is 0 Å². The molecule has 7 heteroatoms. The molecular weight excluding hydrogens is 313 g/mol. The second-order valence-electron chi connectivity index (χ2n) is 5.80. The number of carbonyl (C=O) groups excluding carboxylic acids is 1. The van der Waals surface area contributed by atoms with E-state index in [0.29, 0.717) is 39.3 Å². The van der Waals surface area contributed by atoms with E-state index in [9.17, 15) is 9.18 Å². The summed E-state index contributed by atoms with van der Waals surface area (Å²) >= 11 is 0. The summed E-state index contributed by atoms with van der Waals surface area (Å²) in [6.45, 7) is 5.26. The standard InChI is InChI=1S/C17H26FN3O3/c1-23-10-5-19-12-17(22)21-8-6-20(7-9-21)13-14-3-4-16(24-2)15(18)11-14/h3-4,11,19H,5-10,12-13H2,1-2H3. The molecule has 1 aromatic carbocycles. The average Bonchev–Trinajstić information content (AvgIpc) is 2.59. The van der Waals surface area contributed by atoms with Crippen molar-refractivity contribution in [2.45, 2.75) is 6.54 Å². The van der Waals surface area contributed by atoms with E-state index in [2.05, 4.69) is 10.2 Å². The van der Waals surface area contributed by atoms with Crippen LogP contribution in [0.25, 0.3) is 0 Å². The smallest absolute Gasteiger partial charge is 0.236 e. The number of halogens is 1. The van der Waals surface area contributed by atoms with Crippen LogP contribution in [-0.4, -0.2) is 75.8 Å². The van der Waals surface area contributed by atoms with Crippen molar-refractivity contribution in [2.75, 3.05) is 60.1 Å². The molecule has 6 nitrogen and oxygen atoms in total. The first-order chi connectivity index (χ1) is 11.6. The lowest BCUT2D eigenvalue weighted by Crippen LogP contribution is -2.50. The van der Waals surface area contributed by atoms with Crippen molar-refractivity contribution in [3.63, 3.8) is 0 Å². The van der Waals surface area contributed by atoms with Crippen LogP contribution in [0, 0.1) is 5.82 Å². The first-order valence-electron chi connectivity index (χ1n) is 8.16. The van der Waals surface area contributed by atoms with Gasteiger partial charge in [-0.3, -0.25) is 9.69 Å². The molecule has 0 spiro atoms. The van der Waals surface area contributed by atoms with Gasteiger partial charge in [0.15, 0.2) is 11.6 Å². The normalized spacial score (nSPS) is 15.5. The van der Waals surface area contributed by atoms with Crippen LogP contribution in [0.2, 0.25) is 0 Å². The summed E-state index contributed by atoms with van der Waals surface area (Å²) in [5.41, 5.74) is 0.911. The molecule has 1 saturated heterocycles. The van der Waals surface area contributed by atoms with Crippen molar-refractivity contribution in [1.82, 2.24) is 15.1 Å². The Morgan fingerprint density at radius 2 is 2.00 bits per heavy atom. The molecule has 0 unspecified atom stereocenters. The number of methoxy groups -OCH3 is 2. The highest BCUT2D eigenvalue weighted by atomic mass is 19.1. The maximum absolute atomic E-state index is 13.7. The van der Waals surface area contributed by atoms with Crippen molar-refractivity contribution in [2.24, 2.45) is 0 Å². The zero-order valence-corrected chi connectivity index (χ0v) is 14.4. The van der Waals surface area contributed by atoms with Gasteiger partial charge in [-0.25, -0.2) is 4.39 Å². The van der Waals surface area contributed by atoms with E-state index >= 15 is 0 Å². The molecule has 1 amide bonds. The van der Waals surface area contributed by atoms with Crippen LogP contribution >= 0.6 is 0 Å². The van der Waals surface area contributed by atoms with Crippen LogP contribution in [-0.2, 0) is 16.1 Å². The van der Waals surface area contributed by atoms with Gasteiger partial charge in [0.2, 0.25) is 5.91 Å². The molecule has 1 fully saturated rings. The Labute approximate surface area is 142 Å². The molecule has 1 aliphatic heterocycles. The number of piperazine rings is 1. The topological polar surface area (TPSA) is 54.0 Å². The Hall–Kier alpha value is -1.70. The van der Waals surface area contributed by atoms with Crippen LogP contribution in [0.15, 0.2) is 18.2 Å². The van der Waals surface area contributed by atoms with Crippen LogP contribution < -0.4 is 10.1 Å². The molecular formula is C17H26FN3O3. The maximum Gasteiger partial charge on any atom is 0.236 e. The fraction of sp³-hybridized carbons (Fsp3) is 0.588. The van der Waals surface area contributed by atoms with Gasteiger partial charge in [0.1, 0.15) is 0 Å². The van der Waals surface area contributed by atoms with Crippen molar-refractivity contribution in [1.29, 1.82) is 0 Å². The molecule has 0 atom stereocenters. The molecule has 0 radical (unpaired) electrons. The molecule has 0 aliphatic carbocycles. The number of benzene rings is 1. The Morgan fingerprint density at radius 3 is 2.62 bits per heavy atom. The third-order valence-corrected chi connectivity index (χ3v) is 4.11. The van der Waals surface area contributed by atoms with Gasteiger partial charge in [0, 0.05) is 46.4 Å². The number of nitrogens with zero attached hydrogens (tertiary/aromatic N) is 2. The molecule has 0 bridgehead atoms. The minimum absolute atomic E-state index is 0.112. The van der Waals surface area contributed by atoms with E-state index in [0.717, 1.165) is 18.7 Å². The summed E-state index contributed by atoms with van der Waals surface area (Å²) in [6, 6.07) is 5.03. The summed E-state index contributed by atoms with van der Waals surface area (Å²) < 4.78 is 23.6. The van der Waals surface area contributed by atoms with Crippen molar-refractivity contribution in [3.8, 4) is 5.75 Å². The predicted octanol–water partition coefficient (Wildman–Crippen LogP) is 0.715. The first kappa shape index (κ1) is 18.6. The highest BCUT2D eigenvalue weighted by Gasteiger charge is 2.21. The van der Waals surface area contributed by atoms with Gasteiger partial charge in [-0.15, -0.1) is 0 Å². The van der Waals surface area contributed by atoms with Crippen molar-refractivity contribution >= 4 is 5.91 Å². The number of carbonyl (C=O) groups is 1. The largest absolute Gasteiger partial charge is 0.494 e. The van der Waals surface area contributed by atoms with Gasteiger partial charge < -0.3 is 19.7 Å². The molecule has 0 saturated carbocycles. The highest BCUT2D eigenvalue weighted by molar-refractivity contribution is 5.78. The molecule has 1 aromatic rings. The molecule has 24 heavy (non-hydrogen) atoms. The highest BCUT2D eigenvalue weighted by Crippen LogP contribution is 2.19. The fourth-order valence-corrected chi connectivity index (χ4v) is 2.70. The van der Waals surface area contributed by atoms with E-state index in [4.69, 9.17) is 9.47 Å². The van der Waals surface area contributed by atoms with Gasteiger partial charge in [-0.1, -0.05) is 6.07 Å². The molecule has 1 aliphatic rings. The number of hydrogen-bond donors (Lipinski definition) is 1. The van der Waals surface area contributed by atoms with E-state index in [1.807, 2.05) is 11.0 Å². The Kier molecular flexibility index (Phi) is 7.42. The van der Waals surface area contributed by atoms with Gasteiger partial charge in [-0.05, 0) is 17.7 Å². The minimum atomic E-state index is -0.342. The summed E-state index contributed by atoms with van der Waals surface area (Å²) in [6.07, 6.45) is 0. The van der Waals surface area contributed by atoms with Crippen LogP contribution in [0.1, 0.15) is 5.56 Å². The lowest BCUT2D eigenvalue weighted by Gasteiger charge is -2.34. The van der Waals surface area contributed by atoms with E-state index in [1.165, 1.54) is 13.2 Å². The second-order valence-corrected chi connectivity index (χ2v) is 5.80. The van der Waals surface area contributed by atoms with Crippen molar-refractivity contribution in [3.05, 3.63) is 29.6 Å². The monoisotopic (exact) mass is 339 g/mol. The Balaban J connectivity index is 1.74. The van der Waals surface area contributed by atoms with Gasteiger partial charge in [-0.2, -0.15) is 0 Å². The zero-order valence-electron chi connectivity index (χ0n) is 14.4. The third kappa shape index (κ3) is 5.43. The third-order valence-electron chi connectivity index (χ3n) is 4.11. The molecule has 1 N–H and O–H groups in total. The summed E-state index contributed by atoms with van der Waals surface area (Å²) in [4.78, 5) is 16.2. The van der Waals surface area contributed by atoms with Gasteiger partial charge >= 0.3 is 0 Å². The molecule has 1 heterocycles. The number of hydrogen-bond acceptors (Lipinski definition) is 5. The average molecular weight is 339 g/mol. The van der Waals surface area contributed by atoms with Crippen molar-refractivity contribution < 1.29 is 18.7 Å². The number of rotatable bonds is 8. The minimum Gasteiger partial charge on any atom is -0.494 e. The zero-order chi connectivity index (χ0) is 17.4. The van der Waals surface area contributed by atoms with E-state index in [1.54, 1.807) is 13.2 Å². The molecule has 0 aromatic heterocycles. The second kappa shape index (κ2) is 9.56. The van der Waals surface area contributed by atoms with Gasteiger partial charge in [0.05, 0.1) is 20.3 Å².